The van der Waals surface area contributed by atoms with Gasteiger partial charge in [0.1, 0.15) is 23.6 Å². The van der Waals surface area contributed by atoms with E-state index in [1.807, 2.05) is 6.07 Å². The van der Waals surface area contributed by atoms with Crippen molar-refractivity contribution in [1.82, 2.24) is 5.43 Å². The molecule has 2 aromatic rings. The predicted molar refractivity (Wildman–Crippen MR) is 113 cm³/mol. The second-order valence-electron chi connectivity index (χ2n) is 6.18. The molecular weight excluding hydrogens is 408 g/mol. The molecule has 0 aliphatic carbocycles. The Hall–Kier alpha value is -3.58. The molecule has 1 atom stereocenters. The summed E-state index contributed by atoms with van der Waals surface area (Å²) in [5, 5.41) is 12.4. The molecule has 1 N–H and O–H groups in total. The second-order valence-corrected chi connectivity index (χ2v) is 8.04. The number of nitrogens with zero attached hydrogens (tertiary/aromatic N) is 3. The lowest BCUT2D eigenvalue weighted by Gasteiger charge is -2.27. The molecule has 0 unspecified atom stereocenters. The van der Waals surface area contributed by atoms with Crippen LogP contribution in [-0.2, 0) is 14.8 Å². The average molecular weight is 430 g/mol. The lowest BCUT2D eigenvalue weighted by atomic mass is 10.2. The Morgan fingerprint density at radius 3 is 2.33 bits per heavy atom. The van der Waals surface area contributed by atoms with Crippen molar-refractivity contribution in [2.75, 3.05) is 24.3 Å². The van der Waals surface area contributed by atoms with Gasteiger partial charge in [0, 0.05) is 0 Å². The summed E-state index contributed by atoms with van der Waals surface area (Å²) in [5.74, 6) is 0.508. The zero-order chi connectivity index (χ0) is 22.1. The van der Waals surface area contributed by atoms with E-state index in [4.69, 9.17) is 14.7 Å². The SMILES string of the molecule is COc1ccc(N([C@H](C)C(=O)N/N=C\c2ccc(OCC#N)cc2)S(C)(=O)=O)cc1. The number of sulfonamides is 1. The average Bonchev–Trinajstić information content (AvgIpc) is 2.72. The molecule has 30 heavy (non-hydrogen) atoms. The fourth-order valence-electron chi connectivity index (χ4n) is 2.57. The second kappa shape index (κ2) is 10.3. The van der Waals surface area contributed by atoms with E-state index in [2.05, 4.69) is 10.5 Å². The number of hydrogen-bond acceptors (Lipinski definition) is 7. The van der Waals surface area contributed by atoms with Gasteiger partial charge >= 0.3 is 0 Å². The molecule has 0 aliphatic rings. The van der Waals surface area contributed by atoms with Gasteiger partial charge in [-0.3, -0.25) is 9.10 Å². The van der Waals surface area contributed by atoms with E-state index < -0.39 is 22.0 Å². The molecule has 9 nitrogen and oxygen atoms in total. The van der Waals surface area contributed by atoms with Crippen LogP contribution in [0.15, 0.2) is 53.6 Å². The number of methoxy groups -OCH3 is 1. The van der Waals surface area contributed by atoms with Crippen molar-refractivity contribution in [3.63, 3.8) is 0 Å². The number of hydrazone groups is 1. The minimum Gasteiger partial charge on any atom is -0.497 e. The number of benzene rings is 2. The maximum Gasteiger partial charge on any atom is 0.263 e. The van der Waals surface area contributed by atoms with Gasteiger partial charge in [0.15, 0.2) is 6.61 Å². The van der Waals surface area contributed by atoms with E-state index >= 15 is 0 Å². The smallest absolute Gasteiger partial charge is 0.263 e. The summed E-state index contributed by atoms with van der Waals surface area (Å²) >= 11 is 0. The number of ether oxygens (including phenoxy) is 2. The zero-order valence-corrected chi connectivity index (χ0v) is 17.6. The van der Waals surface area contributed by atoms with E-state index in [9.17, 15) is 13.2 Å². The number of hydrogen-bond donors (Lipinski definition) is 1. The van der Waals surface area contributed by atoms with Gasteiger partial charge in [-0.05, 0) is 61.0 Å². The zero-order valence-electron chi connectivity index (χ0n) is 16.8. The third-order valence-electron chi connectivity index (χ3n) is 3.99. The van der Waals surface area contributed by atoms with Crippen LogP contribution >= 0.6 is 0 Å². The third-order valence-corrected chi connectivity index (χ3v) is 5.23. The summed E-state index contributed by atoms with van der Waals surface area (Å²) in [6.45, 7) is 1.42. The van der Waals surface area contributed by atoms with E-state index in [0.29, 0.717) is 22.7 Å². The summed E-state index contributed by atoms with van der Waals surface area (Å²) in [6, 6.07) is 13.9. The van der Waals surface area contributed by atoms with Gasteiger partial charge in [0.25, 0.3) is 5.91 Å². The van der Waals surface area contributed by atoms with Crippen molar-refractivity contribution in [3.8, 4) is 17.6 Å². The first-order valence-corrected chi connectivity index (χ1v) is 10.7. The van der Waals surface area contributed by atoms with Crippen molar-refractivity contribution >= 4 is 27.8 Å². The normalized spacial score (nSPS) is 12.1. The molecule has 2 rings (SSSR count). The van der Waals surface area contributed by atoms with Crippen LogP contribution in [0.5, 0.6) is 11.5 Å². The third kappa shape index (κ3) is 6.22. The van der Waals surface area contributed by atoms with Gasteiger partial charge < -0.3 is 9.47 Å². The molecule has 0 aromatic heterocycles. The summed E-state index contributed by atoms with van der Waals surface area (Å²) < 4.78 is 35.8. The van der Waals surface area contributed by atoms with Gasteiger partial charge in [-0.15, -0.1) is 0 Å². The van der Waals surface area contributed by atoms with Crippen molar-refractivity contribution in [3.05, 3.63) is 54.1 Å². The monoisotopic (exact) mass is 430 g/mol. The predicted octanol–water partition coefficient (Wildman–Crippen LogP) is 1.90. The first-order valence-electron chi connectivity index (χ1n) is 8.82. The van der Waals surface area contributed by atoms with E-state index in [0.717, 1.165) is 10.6 Å². The van der Waals surface area contributed by atoms with Crippen LogP contribution in [0, 0.1) is 11.3 Å². The summed E-state index contributed by atoms with van der Waals surface area (Å²) in [6.07, 6.45) is 2.44. The minimum atomic E-state index is -3.73. The van der Waals surface area contributed by atoms with Crippen LogP contribution in [0.3, 0.4) is 0 Å². The maximum absolute atomic E-state index is 12.5. The van der Waals surface area contributed by atoms with Gasteiger partial charge in [-0.1, -0.05) is 0 Å². The van der Waals surface area contributed by atoms with Crippen LogP contribution in [0.25, 0.3) is 0 Å². The largest absolute Gasteiger partial charge is 0.497 e. The van der Waals surface area contributed by atoms with Crippen LogP contribution in [0.4, 0.5) is 5.69 Å². The topological polar surface area (TPSA) is 121 Å². The minimum absolute atomic E-state index is 0.0492. The number of nitriles is 1. The first kappa shape index (κ1) is 22.7. The Bertz CT molecular complexity index is 1030. The molecule has 0 radical (unpaired) electrons. The van der Waals surface area contributed by atoms with Crippen LogP contribution in [0.1, 0.15) is 12.5 Å². The molecule has 0 fully saturated rings. The standard InChI is InChI=1S/C20H22N4O5S/c1-15(24(30(3,26)27)17-6-10-18(28-2)11-7-17)20(25)23-22-14-16-4-8-19(9-5-16)29-13-12-21/h4-11,14-15H,13H2,1-3H3,(H,23,25)/b22-14-/t15-/m1/s1. The Balaban J connectivity index is 2.07. The Kier molecular flexibility index (Phi) is 7.77. The highest BCUT2D eigenvalue weighted by atomic mass is 32.2. The van der Waals surface area contributed by atoms with Crippen LogP contribution < -0.4 is 19.2 Å². The number of amides is 1. The van der Waals surface area contributed by atoms with Crippen molar-refractivity contribution in [1.29, 1.82) is 5.26 Å². The molecule has 1 amide bonds. The number of carbonyl (C=O) groups is 1. The summed E-state index contributed by atoms with van der Waals surface area (Å²) in [7, 11) is -2.22. The van der Waals surface area contributed by atoms with Crippen molar-refractivity contribution in [2.45, 2.75) is 13.0 Å². The highest BCUT2D eigenvalue weighted by molar-refractivity contribution is 7.92. The number of anilines is 1. The van der Waals surface area contributed by atoms with Gasteiger partial charge in [-0.25, -0.2) is 13.8 Å². The number of nitrogens with one attached hydrogen (secondary N) is 1. The summed E-state index contributed by atoms with van der Waals surface area (Å²) in [4.78, 5) is 12.5. The van der Waals surface area contributed by atoms with Crippen LogP contribution in [-0.4, -0.2) is 46.6 Å². The number of rotatable bonds is 9. The van der Waals surface area contributed by atoms with Crippen molar-refractivity contribution in [2.24, 2.45) is 5.10 Å². The Morgan fingerprint density at radius 1 is 1.20 bits per heavy atom. The van der Waals surface area contributed by atoms with Gasteiger partial charge in [0.2, 0.25) is 10.0 Å². The molecule has 0 saturated heterocycles. The van der Waals surface area contributed by atoms with Gasteiger partial charge in [0.05, 0.1) is 25.3 Å². The van der Waals surface area contributed by atoms with E-state index in [1.165, 1.54) is 20.2 Å². The fraction of sp³-hybridized carbons (Fsp3) is 0.250. The van der Waals surface area contributed by atoms with E-state index in [1.54, 1.807) is 48.5 Å². The number of carbonyl (C=O) groups excluding carboxylic acids is 1. The molecule has 0 aliphatic heterocycles. The fourth-order valence-corrected chi connectivity index (χ4v) is 3.74. The van der Waals surface area contributed by atoms with E-state index in [-0.39, 0.29) is 6.61 Å². The molecule has 0 saturated carbocycles. The highest BCUT2D eigenvalue weighted by Gasteiger charge is 2.29. The quantitative estimate of drug-likeness (QED) is 0.479. The van der Waals surface area contributed by atoms with Gasteiger partial charge in [-0.2, -0.15) is 10.4 Å². The molecule has 158 valence electrons. The maximum atomic E-state index is 12.5. The molecule has 2 aromatic carbocycles. The molecule has 0 bridgehead atoms. The lowest BCUT2D eigenvalue weighted by Crippen LogP contribution is -2.46. The van der Waals surface area contributed by atoms with Crippen molar-refractivity contribution < 1.29 is 22.7 Å². The highest BCUT2D eigenvalue weighted by Crippen LogP contribution is 2.23. The Morgan fingerprint density at radius 2 is 1.80 bits per heavy atom. The molecule has 0 heterocycles. The Labute approximate surface area is 175 Å². The summed E-state index contributed by atoms with van der Waals surface area (Å²) in [5.41, 5.74) is 3.36. The lowest BCUT2D eigenvalue weighted by molar-refractivity contribution is -0.121. The molecule has 0 spiro atoms. The molecular formula is C20H22N4O5S. The first-order chi connectivity index (χ1) is 14.3. The molecule has 10 heteroatoms. The van der Waals surface area contributed by atoms with Crippen LogP contribution in [0.2, 0.25) is 0 Å².